The first-order chi connectivity index (χ1) is 9.63. The van der Waals surface area contributed by atoms with Gasteiger partial charge in [0.25, 0.3) is 0 Å². The SMILES string of the molecule is CC(C)CC(=O)Nc1ccc(NC2CCCOC2)cc1. The molecule has 4 heteroatoms. The molecule has 0 aromatic heterocycles. The van der Waals surface area contributed by atoms with Gasteiger partial charge in [-0.2, -0.15) is 0 Å². The summed E-state index contributed by atoms with van der Waals surface area (Å²) in [5, 5.41) is 6.37. The molecule has 1 aromatic rings. The topological polar surface area (TPSA) is 50.4 Å². The lowest BCUT2D eigenvalue weighted by atomic mass is 10.1. The van der Waals surface area contributed by atoms with E-state index in [1.54, 1.807) is 0 Å². The average molecular weight is 276 g/mol. The molecule has 1 saturated heterocycles. The Hall–Kier alpha value is -1.55. The van der Waals surface area contributed by atoms with E-state index in [2.05, 4.69) is 10.6 Å². The van der Waals surface area contributed by atoms with Crippen LogP contribution in [0.1, 0.15) is 33.1 Å². The molecule has 0 aliphatic carbocycles. The fraction of sp³-hybridized carbons (Fsp3) is 0.562. The second-order valence-electron chi connectivity index (χ2n) is 5.78. The molecule has 1 heterocycles. The molecule has 2 rings (SSSR count). The Morgan fingerprint density at radius 3 is 2.60 bits per heavy atom. The van der Waals surface area contributed by atoms with Crippen molar-refractivity contribution in [2.75, 3.05) is 23.8 Å². The first-order valence-corrected chi connectivity index (χ1v) is 7.37. The molecular weight excluding hydrogens is 252 g/mol. The van der Waals surface area contributed by atoms with Crippen molar-refractivity contribution in [2.24, 2.45) is 5.92 Å². The van der Waals surface area contributed by atoms with Gasteiger partial charge in [-0.1, -0.05) is 13.8 Å². The molecule has 1 aromatic carbocycles. The molecule has 0 saturated carbocycles. The standard InChI is InChI=1S/C16H24N2O2/c1-12(2)10-16(19)18-14-7-5-13(6-8-14)17-15-4-3-9-20-11-15/h5-8,12,15,17H,3-4,9-11H2,1-2H3,(H,18,19). The van der Waals surface area contributed by atoms with E-state index in [9.17, 15) is 4.79 Å². The summed E-state index contributed by atoms with van der Waals surface area (Å²) >= 11 is 0. The normalized spacial score (nSPS) is 18.9. The van der Waals surface area contributed by atoms with Gasteiger partial charge in [-0.25, -0.2) is 0 Å². The van der Waals surface area contributed by atoms with Crippen molar-refractivity contribution >= 4 is 17.3 Å². The van der Waals surface area contributed by atoms with Crippen LogP contribution in [-0.2, 0) is 9.53 Å². The van der Waals surface area contributed by atoms with E-state index in [0.29, 0.717) is 18.4 Å². The van der Waals surface area contributed by atoms with Crippen molar-refractivity contribution in [3.8, 4) is 0 Å². The van der Waals surface area contributed by atoms with Crippen LogP contribution < -0.4 is 10.6 Å². The summed E-state index contributed by atoms with van der Waals surface area (Å²) < 4.78 is 5.45. The third-order valence-electron chi connectivity index (χ3n) is 3.29. The second-order valence-corrected chi connectivity index (χ2v) is 5.78. The number of hydrogen-bond donors (Lipinski definition) is 2. The van der Waals surface area contributed by atoms with Crippen LogP contribution in [0.4, 0.5) is 11.4 Å². The number of carbonyl (C=O) groups is 1. The quantitative estimate of drug-likeness (QED) is 0.868. The largest absolute Gasteiger partial charge is 0.380 e. The number of nitrogens with one attached hydrogen (secondary N) is 2. The van der Waals surface area contributed by atoms with Crippen LogP contribution in [0.25, 0.3) is 0 Å². The Morgan fingerprint density at radius 1 is 1.30 bits per heavy atom. The van der Waals surface area contributed by atoms with Crippen molar-refractivity contribution in [3.05, 3.63) is 24.3 Å². The van der Waals surface area contributed by atoms with Gasteiger partial charge < -0.3 is 15.4 Å². The smallest absolute Gasteiger partial charge is 0.224 e. The van der Waals surface area contributed by atoms with Gasteiger partial charge in [0.1, 0.15) is 0 Å². The van der Waals surface area contributed by atoms with Crippen molar-refractivity contribution < 1.29 is 9.53 Å². The summed E-state index contributed by atoms with van der Waals surface area (Å²) in [6.45, 7) is 5.73. The number of anilines is 2. The first-order valence-electron chi connectivity index (χ1n) is 7.37. The molecular formula is C16H24N2O2. The maximum atomic E-state index is 11.7. The van der Waals surface area contributed by atoms with E-state index in [1.807, 2.05) is 38.1 Å². The lowest BCUT2D eigenvalue weighted by Gasteiger charge is -2.24. The van der Waals surface area contributed by atoms with Crippen LogP contribution in [0.5, 0.6) is 0 Å². The van der Waals surface area contributed by atoms with Crippen LogP contribution >= 0.6 is 0 Å². The minimum absolute atomic E-state index is 0.0707. The number of ether oxygens (including phenoxy) is 1. The molecule has 1 aliphatic rings. The summed E-state index contributed by atoms with van der Waals surface area (Å²) in [5.74, 6) is 0.448. The number of rotatable bonds is 5. The van der Waals surface area contributed by atoms with Crippen LogP contribution in [0.2, 0.25) is 0 Å². The maximum Gasteiger partial charge on any atom is 0.224 e. The van der Waals surface area contributed by atoms with Crippen LogP contribution in [0, 0.1) is 5.92 Å². The molecule has 2 N–H and O–H groups in total. The molecule has 1 aliphatic heterocycles. The Balaban J connectivity index is 1.84. The first kappa shape index (κ1) is 14.9. The van der Waals surface area contributed by atoms with Crippen LogP contribution in [0.3, 0.4) is 0 Å². The Kier molecular flexibility index (Phi) is 5.41. The Morgan fingerprint density at radius 2 is 2.00 bits per heavy atom. The van der Waals surface area contributed by atoms with Gasteiger partial charge in [0.05, 0.1) is 6.61 Å². The zero-order valence-electron chi connectivity index (χ0n) is 12.3. The van der Waals surface area contributed by atoms with Gasteiger partial charge in [-0.15, -0.1) is 0 Å². The summed E-state index contributed by atoms with van der Waals surface area (Å²) in [5.41, 5.74) is 1.92. The van der Waals surface area contributed by atoms with Gasteiger partial charge in [-0.3, -0.25) is 4.79 Å². The van der Waals surface area contributed by atoms with E-state index in [1.165, 1.54) is 0 Å². The van der Waals surface area contributed by atoms with E-state index >= 15 is 0 Å². The highest BCUT2D eigenvalue weighted by Crippen LogP contribution is 2.17. The molecule has 1 unspecified atom stereocenters. The van der Waals surface area contributed by atoms with Crippen molar-refractivity contribution in [2.45, 2.75) is 39.2 Å². The molecule has 1 fully saturated rings. The van der Waals surface area contributed by atoms with Crippen molar-refractivity contribution in [3.63, 3.8) is 0 Å². The zero-order chi connectivity index (χ0) is 14.4. The van der Waals surface area contributed by atoms with Crippen molar-refractivity contribution in [1.82, 2.24) is 0 Å². The fourth-order valence-corrected chi connectivity index (χ4v) is 2.32. The lowest BCUT2D eigenvalue weighted by molar-refractivity contribution is -0.116. The predicted octanol–water partition coefficient (Wildman–Crippen LogP) is 3.26. The predicted molar refractivity (Wildman–Crippen MR) is 82.0 cm³/mol. The van der Waals surface area contributed by atoms with E-state index in [-0.39, 0.29) is 5.91 Å². The minimum atomic E-state index is 0.0707. The highest BCUT2D eigenvalue weighted by molar-refractivity contribution is 5.90. The summed E-state index contributed by atoms with van der Waals surface area (Å²) in [6, 6.07) is 8.26. The van der Waals surface area contributed by atoms with E-state index in [4.69, 9.17) is 4.74 Å². The highest BCUT2D eigenvalue weighted by Gasteiger charge is 2.13. The number of amides is 1. The molecule has 0 radical (unpaired) electrons. The lowest BCUT2D eigenvalue weighted by Crippen LogP contribution is -2.29. The fourth-order valence-electron chi connectivity index (χ4n) is 2.32. The summed E-state index contributed by atoms with van der Waals surface area (Å²) in [6.07, 6.45) is 2.81. The second kappa shape index (κ2) is 7.29. The molecule has 1 amide bonds. The van der Waals surface area contributed by atoms with E-state index in [0.717, 1.165) is 37.4 Å². The molecule has 4 nitrogen and oxygen atoms in total. The molecule has 110 valence electrons. The van der Waals surface area contributed by atoms with Gasteiger partial charge in [0, 0.05) is 30.4 Å². The Bertz CT molecular complexity index is 423. The van der Waals surface area contributed by atoms with Crippen molar-refractivity contribution in [1.29, 1.82) is 0 Å². The molecule has 0 bridgehead atoms. The van der Waals surface area contributed by atoms with Gasteiger partial charge in [0.15, 0.2) is 0 Å². The zero-order valence-corrected chi connectivity index (χ0v) is 12.3. The Labute approximate surface area is 120 Å². The monoisotopic (exact) mass is 276 g/mol. The average Bonchev–Trinajstić information content (AvgIpc) is 2.41. The number of carbonyl (C=O) groups excluding carboxylic acids is 1. The third-order valence-corrected chi connectivity index (χ3v) is 3.29. The maximum absolute atomic E-state index is 11.7. The molecule has 0 spiro atoms. The van der Waals surface area contributed by atoms with Gasteiger partial charge in [-0.05, 0) is 43.0 Å². The van der Waals surface area contributed by atoms with Crippen LogP contribution in [-0.4, -0.2) is 25.2 Å². The van der Waals surface area contributed by atoms with Gasteiger partial charge >= 0.3 is 0 Å². The summed E-state index contributed by atoms with van der Waals surface area (Å²) in [4.78, 5) is 11.7. The van der Waals surface area contributed by atoms with E-state index < -0.39 is 0 Å². The molecule has 20 heavy (non-hydrogen) atoms. The third kappa shape index (κ3) is 4.85. The highest BCUT2D eigenvalue weighted by atomic mass is 16.5. The van der Waals surface area contributed by atoms with Crippen LogP contribution in [0.15, 0.2) is 24.3 Å². The summed E-state index contributed by atoms with van der Waals surface area (Å²) in [7, 11) is 0. The van der Waals surface area contributed by atoms with Gasteiger partial charge in [0.2, 0.25) is 5.91 Å². The molecule has 1 atom stereocenters. The minimum Gasteiger partial charge on any atom is -0.380 e. The number of benzene rings is 1. The number of hydrogen-bond acceptors (Lipinski definition) is 3.